The van der Waals surface area contributed by atoms with Crippen LogP contribution in [0.5, 0.6) is 11.5 Å². The fourth-order valence-electron chi connectivity index (χ4n) is 2.49. The summed E-state index contributed by atoms with van der Waals surface area (Å²) in [5, 5.41) is 3.87. The normalized spacial score (nSPS) is 11.7. The van der Waals surface area contributed by atoms with Gasteiger partial charge in [0, 0.05) is 19.3 Å². The number of aromatic nitrogens is 2. The maximum absolute atomic E-state index is 12.6. The third-order valence-corrected chi connectivity index (χ3v) is 4.24. The van der Waals surface area contributed by atoms with E-state index in [0.717, 1.165) is 11.4 Å². The molecule has 27 heavy (non-hydrogen) atoms. The number of rotatable bonds is 7. The molecule has 2 aromatic heterocycles. The quantitative estimate of drug-likeness (QED) is 0.636. The Morgan fingerprint density at radius 3 is 2.59 bits per heavy atom. The number of carbonyl (C=O) groups excluding carboxylic acids is 1. The number of ether oxygens (including phenoxy) is 2. The molecule has 1 amide bonds. The molecule has 0 aliphatic rings. The first-order valence-corrected chi connectivity index (χ1v) is 8.49. The van der Waals surface area contributed by atoms with Crippen LogP contribution >= 0.6 is 0 Å². The van der Waals surface area contributed by atoms with Gasteiger partial charge in [0.15, 0.2) is 11.5 Å². The van der Waals surface area contributed by atoms with E-state index in [4.69, 9.17) is 14.0 Å². The highest BCUT2D eigenvalue weighted by Gasteiger charge is 2.22. The molecule has 0 spiro atoms. The van der Waals surface area contributed by atoms with E-state index in [0.29, 0.717) is 11.5 Å². The molecule has 140 valence electrons. The van der Waals surface area contributed by atoms with Crippen LogP contribution in [-0.2, 0) is 6.61 Å². The van der Waals surface area contributed by atoms with Gasteiger partial charge in [-0.15, -0.1) is 0 Å². The van der Waals surface area contributed by atoms with Gasteiger partial charge in [0.05, 0.1) is 18.8 Å². The lowest BCUT2D eigenvalue weighted by Gasteiger charge is -2.23. The first-order valence-electron chi connectivity index (χ1n) is 8.49. The molecule has 1 unspecified atom stereocenters. The predicted molar refractivity (Wildman–Crippen MR) is 98.6 cm³/mol. The van der Waals surface area contributed by atoms with Gasteiger partial charge in [-0.1, -0.05) is 11.2 Å². The van der Waals surface area contributed by atoms with Gasteiger partial charge in [0.25, 0.3) is 5.91 Å². The molecule has 7 heteroatoms. The van der Waals surface area contributed by atoms with Crippen molar-refractivity contribution < 1.29 is 18.8 Å². The zero-order valence-electron chi connectivity index (χ0n) is 15.5. The van der Waals surface area contributed by atoms with Crippen LogP contribution in [0.1, 0.15) is 34.9 Å². The minimum absolute atomic E-state index is 0.173. The van der Waals surface area contributed by atoms with Gasteiger partial charge < -0.3 is 18.9 Å². The zero-order chi connectivity index (χ0) is 19.2. The van der Waals surface area contributed by atoms with Gasteiger partial charge in [-0.2, -0.15) is 0 Å². The van der Waals surface area contributed by atoms with Crippen molar-refractivity contribution in [3.8, 4) is 11.5 Å². The Kier molecular flexibility index (Phi) is 5.71. The van der Waals surface area contributed by atoms with Crippen LogP contribution < -0.4 is 9.47 Å². The summed E-state index contributed by atoms with van der Waals surface area (Å²) in [6, 6.07) is 14.2. The summed E-state index contributed by atoms with van der Waals surface area (Å²) < 4.78 is 16.0. The second kappa shape index (κ2) is 8.35. The fraction of sp³-hybridized carbons (Fsp3) is 0.250. The van der Waals surface area contributed by atoms with E-state index < -0.39 is 0 Å². The van der Waals surface area contributed by atoms with E-state index in [1.807, 2.05) is 25.1 Å². The molecule has 1 atom stereocenters. The van der Waals surface area contributed by atoms with Crippen molar-refractivity contribution in [1.29, 1.82) is 0 Å². The van der Waals surface area contributed by atoms with Crippen molar-refractivity contribution in [3.63, 3.8) is 0 Å². The number of nitrogens with zero attached hydrogens (tertiary/aromatic N) is 3. The Bertz CT molecular complexity index is 878. The molecule has 1 aromatic carbocycles. The summed E-state index contributed by atoms with van der Waals surface area (Å²) in [7, 11) is 3.32. The molecule has 0 N–H and O–H groups in total. The Hall–Kier alpha value is -3.35. The van der Waals surface area contributed by atoms with Crippen LogP contribution in [0.3, 0.4) is 0 Å². The van der Waals surface area contributed by atoms with E-state index in [1.54, 1.807) is 55.6 Å². The fourth-order valence-corrected chi connectivity index (χ4v) is 2.49. The van der Waals surface area contributed by atoms with Crippen LogP contribution in [-0.4, -0.2) is 35.1 Å². The first-order chi connectivity index (χ1) is 13.1. The number of hydrogen-bond donors (Lipinski definition) is 0. The second-order valence-electron chi connectivity index (χ2n) is 5.99. The number of carbonyl (C=O) groups is 1. The van der Waals surface area contributed by atoms with Gasteiger partial charge in [-0.25, -0.2) is 0 Å². The molecule has 0 aliphatic heterocycles. The minimum Gasteiger partial charge on any atom is -0.497 e. The Morgan fingerprint density at radius 2 is 1.93 bits per heavy atom. The number of benzene rings is 1. The highest BCUT2D eigenvalue weighted by molar-refractivity contribution is 5.92. The van der Waals surface area contributed by atoms with Crippen molar-refractivity contribution in [2.24, 2.45) is 0 Å². The molecular formula is C20H21N3O4. The Labute approximate surface area is 157 Å². The molecule has 0 saturated heterocycles. The number of methoxy groups -OCH3 is 1. The van der Waals surface area contributed by atoms with E-state index >= 15 is 0 Å². The second-order valence-corrected chi connectivity index (χ2v) is 5.99. The van der Waals surface area contributed by atoms with Gasteiger partial charge in [-0.3, -0.25) is 9.78 Å². The third-order valence-electron chi connectivity index (χ3n) is 4.24. The summed E-state index contributed by atoms with van der Waals surface area (Å²) in [5.74, 6) is 1.64. The van der Waals surface area contributed by atoms with Gasteiger partial charge in [0.1, 0.15) is 18.1 Å². The van der Waals surface area contributed by atoms with Gasteiger partial charge in [0.2, 0.25) is 0 Å². The zero-order valence-corrected chi connectivity index (χ0v) is 15.5. The molecule has 0 radical (unpaired) electrons. The van der Waals surface area contributed by atoms with Crippen LogP contribution in [0.25, 0.3) is 0 Å². The van der Waals surface area contributed by atoms with E-state index in [1.165, 1.54) is 0 Å². The molecule has 3 rings (SSSR count). The molecule has 0 bridgehead atoms. The standard InChI is InChI=1S/C20H21N3O4/c1-14(18-6-4-5-11-21-18)23(2)20(24)19-12-17(27-22-19)13-26-16-9-7-15(25-3)8-10-16/h4-12,14H,13H2,1-3H3. The summed E-state index contributed by atoms with van der Waals surface area (Å²) >= 11 is 0. The largest absolute Gasteiger partial charge is 0.497 e. The maximum Gasteiger partial charge on any atom is 0.276 e. The van der Waals surface area contributed by atoms with Crippen molar-refractivity contribution in [3.05, 3.63) is 71.9 Å². The topological polar surface area (TPSA) is 77.7 Å². The number of pyridine rings is 1. The smallest absolute Gasteiger partial charge is 0.276 e. The summed E-state index contributed by atoms with van der Waals surface area (Å²) in [4.78, 5) is 18.5. The van der Waals surface area contributed by atoms with Crippen molar-refractivity contribution in [2.75, 3.05) is 14.2 Å². The van der Waals surface area contributed by atoms with E-state index in [9.17, 15) is 4.79 Å². The summed E-state index contributed by atoms with van der Waals surface area (Å²) in [6.07, 6.45) is 1.70. The molecular weight excluding hydrogens is 346 g/mol. The summed E-state index contributed by atoms with van der Waals surface area (Å²) in [5.41, 5.74) is 1.04. The molecule has 7 nitrogen and oxygen atoms in total. The van der Waals surface area contributed by atoms with Crippen LogP contribution in [0.4, 0.5) is 0 Å². The van der Waals surface area contributed by atoms with Crippen molar-refractivity contribution >= 4 is 5.91 Å². The summed E-state index contributed by atoms with van der Waals surface area (Å²) in [6.45, 7) is 2.08. The van der Waals surface area contributed by atoms with Crippen LogP contribution in [0, 0.1) is 0 Å². The average molecular weight is 367 g/mol. The molecule has 0 aliphatic carbocycles. The van der Waals surface area contributed by atoms with Gasteiger partial charge in [-0.05, 0) is 43.3 Å². The number of hydrogen-bond acceptors (Lipinski definition) is 6. The monoisotopic (exact) mass is 367 g/mol. The lowest BCUT2D eigenvalue weighted by Crippen LogP contribution is -2.30. The lowest BCUT2D eigenvalue weighted by molar-refractivity contribution is 0.0729. The highest BCUT2D eigenvalue weighted by atomic mass is 16.5. The third kappa shape index (κ3) is 4.44. The van der Waals surface area contributed by atoms with Crippen LogP contribution in [0.2, 0.25) is 0 Å². The van der Waals surface area contributed by atoms with Crippen LogP contribution in [0.15, 0.2) is 59.3 Å². The van der Waals surface area contributed by atoms with E-state index in [2.05, 4.69) is 10.1 Å². The van der Waals surface area contributed by atoms with Crippen molar-refractivity contribution in [1.82, 2.24) is 15.0 Å². The molecule has 0 saturated carbocycles. The van der Waals surface area contributed by atoms with Crippen molar-refractivity contribution in [2.45, 2.75) is 19.6 Å². The lowest BCUT2D eigenvalue weighted by atomic mass is 10.2. The first kappa shape index (κ1) is 18.4. The minimum atomic E-state index is -0.243. The number of amides is 1. The van der Waals surface area contributed by atoms with Gasteiger partial charge >= 0.3 is 0 Å². The molecule has 3 aromatic rings. The average Bonchev–Trinajstić information content (AvgIpc) is 3.20. The molecule has 0 fully saturated rings. The highest BCUT2D eigenvalue weighted by Crippen LogP contribution is 2.20. The predicted octanol–water partition coefficient (Wildman–Crippen LogP) is 3.49. The Morgan fingerprint density at radius 1 is 1.19 bits per heavy atom. The van der Waals surface area contributed by atoms with E-state index in [-0.39, 0.29) is 24.2 Å². The maximum atomic E-state index is 12.6. The SMILES string of the molecule is COc1ccc(OCc2cc(C(=O)N(C)C(C)c3ccccn3)no2)cc1. The Balaban J connectivity index is 1.61. The molecule has 2 heterocycles.